The molecule has 0 saturated carbocycles. The van der Waals surface area contributed by atoms with Gasteiger partial charge in [0.05, 0.1) is 4.83 Å². The fraction of sp³-hybridized carbons (Fsp3) is 0.286. The highest BCUT2D eigenvalue weighted by Gasteiger charge is 2.17. The Morgan fingerprint density at radius 1 is 1.39 bits per heavy atom. The molecule has 0 saturated heterocycles. The van der Waals surface area contributed by atoms with Crippen molar-refractivity contribution in [2.45, 2.75) is 25.1 Å². The van der Waals surface area contributed by atoms with Crippen LogP contribution in [0.1, 0.15) is 25.7 Å². The Bertz CT molecular complexity index is 545. The second-order valence-electron chi connectivity index (χ2n) is 4.28. The van der Waals surface area contributed by atoms with Gasteiger partial charge in [0.1, 0.15) is 5.82 Å². The molecule has 4 heteroatoms. The van der Waals surface area contributed by atoms with Crippen LogP contribution in [0.3, 0.4) is 0 Å². The van der Waals surface area contributed by atoms with Crippen molar-refractivity contribution in [1.82, 2.24) is 0 Å². The summed E-state index contributed by atoms with van der Waals surface area (Å²) in [6.45, 7) is 4.16. The van der Waals surface area contributed by atoms with Gasteiger partial charge >= 0.3 is 0 Å². The van der Waals surface area contributed by atoms with Gasteiger partial charge in [0.2, 0.25) is 0 Å². The van der Waals surface area contributed by atoms with Crippen molar-refractivity contribution in [1.29, 1.82) is 0 Å². The van der Waals surface area contributed by atoms with E-state index in [0.29, 0.717) is 17.0 Å². The minimum atomic E-state index is -0.238. The van der Waals surface area contributed by atoms with Crippen LogP contribution in [0.15, 0.2) is 24.3 Å². The van der Waals surface area contributed by atoms with Crippen LogP contribution in [-0.2, 0) is 6.42 Å². The second-order valence-corrected chi connectivity index (χ2v) is 7.08. The maximum Gasteiger partial charge on any atom is 0.127 e. The minimum absolute atomic E-state index is 0.102. The van der Waals surface area contributed by atoms with E-state index >= 15 is 0 Å². The van der Waals surface area contributed by atoms with Crippen molar-refractivity contribution in [2.75, 3.05) is 0 Å². The molecule has 0 nitrogen and oxygen atoms in total. The Hall–Kier alpha value is -0.380. The largest absolute Gasteiger partial charge is 0.207 e. The van der Waals surface area contributed by atoms with Crippen LogP contribution in [0, 0.1) is 19.7 Å². The number of halogens is 3. The zero-order valence-electron chi connectivity index (χ0n) is 10.1. The van der Waals surface area contributed by atoms with E-state index in [-0.39, 0.29) is 10.6 Å². The summed E-state index contributed by atoms with van der Waals surface area (Å²) in [6.07, 6.45) is 0.562. The number of thiophene rings is 1. The van der Waals surface area contributed by atoms with E-state index in [2.05, 4.69) is 35.8 Å². The third-order valence-electron chi connectivity index (χ3n) is 2.81. The predicted molar refractivity (Wildman–Crippen MR) is 80.6 cm³/mol. The summed E-state index contributed by atoms with van der Waals surface area (Å²) in [5.74, 6) is -0.238. The normalized spacial score (nSPS) is 12.7. The van der Waals surface area contributed by atoms with Gasteiger partial charge in [-0.3, -0.25) is 0 Å². The van der Waals surface area contributed by atoms with Gasteiger partial charge in [0.25, 0.3) is 0 Å². The van der Waals surface area contributed by atoms with Gasteiger partial charge in [0, 0.05) is 20.3 Å². The van der Waals surface area contributed by atoms with Crippen LogP contribution in [-0.4, -0.2) is 0 Å². The highest BCUT2D eigenvalue weighted by molar-refractivity contribution is 9.09. The summed E-state index contributed by atoms with van der Waals surface area (Å²) in [5, 5.41) is 0.491. The van der Waals surface area contributed by atoms with E-state index in [1.165, 1.54) is 21.4 Å². The number of benzene rings is 1. The van der Waals surface area contributed by atoms with Gasteiger partial charge in [-0.15, -0.1) is 11.3 Å². The molecule has 0 fully saturated rings. The maximum absolute atomic E-state index is 13.7. The molecule has 0 radical (unpaired) electrons. The molecule has 0 aliphatic heterocycles. The first-order chi connectivity index (χ1) is 8.49. The molecule has 0 aliphatic rings. The summed E-state index contributed by atoms with van der Waals surface area (Å²) in [5.41, 5.74) is 1.82. The van der Waals surface area contributed by atoms with Gasteiger partial charge in [-0.1, -0.05) is 33.6 Å². The van der Waals surface area contributed by atoms with Gasteiger partial charge in [0.15, 0.2) is 0 Å². The number of alkyl halides is 1. The van der Waals surface area contributed by atoms with Crippen molar-refractivity contribution in [2.24, 2.45) is 0 Å². The first-order valence-corrected chi connectivity index (χ1v) is 7.74. The summed E-state index contributed by atoms with van der Waals surface area (Å²) in [4.78, 5) is 2.61. The Morgan fingerprint density at radius 2 is 2.11 bits per heavy atom. The molecule has 18 heavy (non-hydrogen) atoms. The molecule has 96 valence electrons. The van der Waals surface area contributed by atoms with E-state index in [0.717, 1.165) is 0 Å². The first kappa shape index (κ1) is 14.0. The van der Waals surface area contributed by atoms with Crippen LogP contribution >= 0.6 is 38.9 Å². The standard InChI is InChI=1S/C14H13BrClFS/c1-8-6-9(2)18-14(8)11(15)7-10-12(16)4-3-5-13(10)17/h3-6,11H,7H2,1-2H3. The summed E-state index contributed by atoms with van der Waals surface area (Å²) in [6, 6.07) is 6.96. The number of hydrogen-bond donors (Lipinski definition) is 0. The molecule has 1 aromatic carbocycles. The van der Waals surface area contributed by atoms with Crippen molar-refractivity contribution < 1.29 is 4.39 Å². The quantitative estimate of drug-likeness (QED) is 0.612. The molecule has 0 aliphatic carbocycles. The lowest BCUT2D eigenvalue weighted by molar-refractivity contribution is 0.608. The molecule has 2 aromatic rings. The average molecular weight is 348 g/mol. The van der Waals surface area contributed by atoms with Crippen molar-refractivity contribution in [3.8, 4) is 0 Å². The number of aryl methyl sites for hydroxylation is 2. The third-order valence-corrected chi connectivity index (χ3v) is 5.51. The zero-order valence-corrected chi connectivity index (χ0v) is 13.3. The lowest BCUT2D eigenvalue weighted by atomic mass is 10.1. The average Bonchev–Trinajstić information content (AvgIpc) is 2.63. The number of rotatable bonds is 3. The van der Waals surface area contributed by atoms with Gasteiger partial charge in [-0.2, -0.15) is 0 Å². The van der Waals surface area contributed by atoms with Crippen LogP contribution in [0.5, 0.6) is 0 Å². The molecular formula is C14H13BrClFS. The Kier molecular flexibility index (Phi) is 4.46. The van der Waals surface area contributed by atoms with Crippen molar-refractivity contribution in [3.05, 3.63) is 56.0 Å². The fourth-order valence-electron chi connectivity index (χ4n) is 1.97. The van der Waals surface area contributed by atoms with E-state index in [1.54, 1.807) is 23.5 Å². The Morgan fingerprint density at radius 3 is 2.67 bits per heavy atom. The minimum Gasteiger partial charge on any atom is -0.207 e. The lowest BCUT2D eigenvalue weighted by Crippen LogP contribution is -1.98. The number of hydrogen-bond acceptors (Lipinski definition) is 1. The van der Waals surface area contributed by atoms with Gasteiger partial charge in [-0.05, 0) is 44.0 Å². The lowest BCUT2D eigenvalue weighted by Gasteiger charge is -2.11. The Labute approximate surface area is 124 Å². The highest BCUT2D eigenvalue weighted by Crippen LogP contribution is 2.37. The SMILES string of the molecule is Cc1cc(C)c(C(Br)Cc2c(F)cccc2Cl)s1. The molecule has 1 aromatic heterocycles. The molecule has 1 heterocycles. The third kappa shape index (κ3) is 2.95. The highest BCUT2D eigenvalue weighted by atomic mass is 79.9. The molecular weight excluding hydrogens is 335 g/mol. The molecule has 0 amide bonds. The second kappa shape index (κ2) is 5.72. The smallest absolute Gasteiger partial charge is 0.127 e. The summed E-state index contributed by atoms with van der Waals surface area (Å²) >= 11 is 11.4. The fourth-order valence-corrected chi connectivity index (χ4v) is 4.19. The van der Waals surface area contributed by atoms with Crippen molar-refractivity contribution in [3.63, 3.8) is 0 Å². The summed E-state index contributed by atoms with van der Waals surface area (Å²) in [7, 11) is 0. The van der Waals surface area contributed by atoms with E-state index in [4.69, 9.17) is 11.6 Å². The van der Waals surface area contributed by atoms with E-state index in [9.17, 15) is 4.39 Å². The van der Waals surface area contributed by atoms with Gasteiger partial charge in [-0.25, -0.2) is 4.39 Å². The molecule has 0 spiro atoms. The summed E-state index contributed by atoms with van der Waals surface area (Å²) < 4.78 is 13.7. The van der Waals surface area contributed by atoms with Crippen LogP contribution in [0.25, 0.3) is 0 Å². The molecule has 1 atom stereocenters. The zero-order chi connectivity index (χ0) is 13.3. The Balaban J connectivity index is 2.26. The molecule has 1 unspecified atom stereocenters. The van der Waals surface area contributed by atoms with Gasteiger partial charge < -0.3 is 0 Å². The molecule has 2 rings (SSSR count). The van der Waals surface area contributed by atoms with E-state index < -0.39 is 0 Å². The van der Waals surface area contributed by atoms with Crippen LogP contribution in [0.2, 0.25) is 5.02 Å². The van der Waals surface area contributed by atoms with Crippen LogP contribution in [0.4, 0.5) is 4.39 Å². The monoisotopic (exact) mass is 346 g/mol. The predicted octanol–water partition coefficient (Wildman–Crippen LogP) is 5.84. The molecule has 0 bridgehead atoms. The van der Waals surface area contributed by atoms with E-state index in [1.807, 2.05) is 0 Å². The maximum atomic E-state index is 13.7. The topological polar surface area (TPSA) is 0 Å². The van der Waals surface area contributed by atoms with Crippen LogP contribution < -0.4 is 0 Å². The van der Waals surface area contributed by atoms with Crippen molar-refractivity contribution >= 4 is 38.9 Å². The first-order valence-electron chi connectivity index (χ1n) is 5.63. The molecule has 0 N–H and O–H groups in total.